The van der Waals surface area contributed by atoms with Crippen molar-refractivity contribution in [2.75, 3.05) is 33.7 Å². The predicted molar refractivity (Wildman–Crippen MR) is 122 cm³/mol. The monoisotopic (exact) mass is 471 g/mol. The normalized spacial score (nSPS) is 12.9. The molecule has 0 saturated heterocycles. The standard InChI is InChI=1S/C21H27Cl2N3O3S/c1-5-26(6-2)30(28,29)15-11-12-19(23)17(13-15)21(27)24-14-20(25(3)4)16-9-7-8-10-18(16)22/h7-13,20H,5-6,14H2,1-4H3,(H,24,27). The third kappa shape index (κ3) is 5.53. The minimum Gasteiger partial charge on any atom is -0.350 e. The number of halogens is 2. The van der Waals surface area contributed by atoms with E-state index in [0.29, 0.717) is 18.1 Å². The molecule has 164 valence electrons. The number of nitrogens with one attached hydrogen (secondary N) is 1. The van der Waals surface area contributed by atoms with Gasteiger partial charge in [0.05, 0.1) is 21.5 Å². The number of carbonyl (C=O) groups is 1. The quantitative estimate of drug-likeness (QED) is 0.598. The van der Waals surface area contributed by atoms with Crippen LogP contribution in [0, 0.1) is 0 Å². The molecule has 0 bridgehead atoms. The van der Waals surface area contributed by atoms with Crippen LogP contribution in [0.3, 0.4) is 0 Å². The summed E-state index contributed by atoms with van der Waals surface area (Å²) in [5, 5.41) is 3.64. The number of hydrogen-bond acceptors (Lipinski definition) is 4. The molecule has 0 aliphatic carbocycles. The van der Waals surface area contributed by atoms with Crippen LogP contribution in [-0.2, 0) is 10.0 Å². The third-order valence-electron chi connectivity index (χ3n) is 4.87. The summed E-state index contributed by atoms with van der Waals surface area (Å²) in [7, 11) is 0.0882. The van der Waals surface area contributed by atoms with E-state index >= 15 is 0 Å². The second kappa shape index (κ2) is 10.6. The minimum absolute atomic E-state index is 0.0380. The summed E-state index contributed by atoms with van der Waals surface area (Å²) in [5.74, 6) is -0.449. The van der Waals surface area contributed by atoms with E-state index < -0.39 is 15.9 Å². The fourth-order valence-corrected chi connectivity index (χ4v) is 5.10. The molecule has 6 nitrogen and oxygen atoms in total. The zero-order valence-corrected chi connectivity index (χ0v) is 19.9. The lowest BCUT2D eigenvalue weighted by atomic mass is 10.1. The molecule has 0 saturated carbocycles. The molecule has 0 aliphatic heterocycles. The highest BCUT2D eigenvalue weighted by atomic mass is 35.5. The highest BCUT2D eigenvalue weighted by Gasteiger charge is 2.24. The molecule has 0 aromatic heterocycles. The van der Waals surface area contributed by atoms with Crippen molar-refractivity contribution >= 4 is 39.1 Å². The van der Waals surface area contributed by atoms with Crippen LogP contribution in [0.5, 0.6) is 0 Å². The van der Waals surface area contributed by atoms with E-state index in [2.05, 4.69) is 5.32 Å². The van der Waals surface area contributed by atoms with Gasteiger partial charge >= 0.3 is 0 Å². The Hall–Kier alpha value is -1.64. The maximum atomic E-state index is 12.8. The molecular formula is C21H27Cl2N3O3S. The zero-order valence-electron chi connectivity index (χ0n) is 17.5. The molecule has 2 aromatic rings. The smallest absolute Gasteiger partial charge is 0.252 e. The van der Waals surface area contributed by atoms with E-state index in [9.17, 15) is 13.2 Å². The van der Waals surface area contributed by atoms with Gasteiger partial charge in [-0.05, 0) is 43.9 Å². The average molecular weight is 472 g/mol. The molecule has 1 atom stereocenters. The topological polar surface area (TPSA) is 69.7 Å². The largest absolute Gasteiger partial charge is 0.350 e. The molecule has 1 N–H and O–H groups in total. The summed E-state index contributed by atoms with van der Waals surface area (Å²) >= 11 is 12.5. The van der Waals surface area contributed by atoms with Crippen molar-refractivity contribution in [2.24, 2.45) is 0 Å². The second-order valence-corrected chi connectivity index (χ2v) is 9.69. The summed E-state index contributed by atoms with van der Waals surface area (Å²) < 4.78 is 26.9. The molecule has 30 heavy (non-hydrogen) atoms. The van der Waals surface area contributed by atoms with Crippen LogP contribution >= 0.6 is 23.2 Å². The van der Waals surface area contributed by atoms with Crippen LogP contribution < -0.4 is 5.32 Å². The number of sulfonamides is 1. The first-order valence-electron chi connectivity index (χ1n) is 9.62. The number of likely N-dealkylation sites (N-methyl/N-ethyl adjacent to an activating group) is 1. The summed E-state index contributed by atoms with van der Waals surface area (Å²) in [6, 6.07) is 11.5. The van der Waals surface area contributed by atoms with E-state index in [-0.39, 0.29) is 28.1 Å². The Kier molecular flexibility index (Phi) is 8.70. The van der Waals surface area contributed by atoms with E-state index in [1.54, 1.807) is 19.9 Å². The first kappa shape index (κ1) is 24.6. The molecule has 0 fully saturated rings. The number of rotatable bonds is 9. The molecule has 0 aliphatic rings. The molecule has 9 heteroatoms. The van der Waals surface area contributed by atoms with Crippen LogP contribution in [0.2, 0.25) is 10.0 Å². The SMILES string of the molecule is CCN(CC)S(=O)(=O)c1ccc(Cl)c(C(=O)NCC(c2ccccc2Cl)N(C)C)c1. The molecule has 2 rings (SSSR count). The summed E-state index contributed by atoms with van der Waals surface area (Å²) in [6.45, 7) is 4.48. The van der Waals surface area contributed by atoms with Gasteiger partial charge < -0.3 is 10.2 Å². The van der Waals surface area contributed by atoms with Gasteiger partial charge in [0.2, 0.25) is 10.0 Å². The predicted octanol–water partition coefficient (Wildman–Crippen LogP) is 4.06. The van der Waals surface area contributed by atoms with Crippen LogP contribution in [-0.4, -0.2) is 57.3 Å². The lowest BCUT2D eigenvalue weighted by molar-refractivity contribution is 0.0942. The van der Waals surface area contributed by atoms with E-state index in [0.717, 1.165) is 5.56 Å². The van der Waals surface area contributed by atoms with Crippen molar-refractivity contribution in [3.8, 4) is 0 Å². The maximum absolute atomic E-state index is 12.8. The van der Waals surface area contributed by atoms with Crippen LogP contribution in [0.1, 0.15) is 35.8 Å². The Labute approximate surface area is 188 Å². The summed E-state index contributed by atoms with van der Waals surface area (Å²) in [5.41, 5.74) is 0.995. The van der Waals surface area contributed by atoms with Crippen molar-refractivity contribution in [1.82, 2.24) is 14.5 Å². The lowest BCUT2D eigenvalue weighted by Gasteiger charge is -2.26. The molecular weight excluding hydrogens is 445 g/mol. The average Bonchev–Trinajstić information content (AvgIpc) is 2.70. The third-order valence-corrected chi connectivity index (χ3v) is 7.59. The minimum atomic E-state index is -3.70. The summed E-state index contributed by atoms with van der Waals surface area (Å²) in [4.78, 5) is 14.8. The number of amides is 1. The van der Waals surface area contributed by atoms with Crippen molar-refractivity contribution < 1.29 is 13.2 Å². The number of benzene rings is 2. The van der Waals surface area contributed by atoms with E-state index in [1.165, 1.54) is 22.5 Å². The Balaban J connectivity index is 2.27. The molecule has 0 spiro atoms. The zero-order chi connectivity index (χ0) is 22.5. The van der Waals surface area contributed by atoms with Gasteiger partial charge in [0.25, 0.3) is 5.91 Å². The molecule has 2 aromatic carbocycles. The fourth-order valence-electron chi connectivity index (χ4n) is 3.15. The van der Waals surface area contributed by atoms with Gasteiger partial charge in [-0.15, -0.1) is 0 Å². The van der Waals surface area contributed by atoms with Gasteiger partial charge in [-0.25, -0.2) is 8.42 Å². The Morgan fingerprint density at radius 1 is 1.03 bits per heavy atom. The van der Waals surface area contributed by atoms with Crippen molar-refractivity contribution in [2.45, 2.75) is 24.8 Å². The van der Waals surface area contributed by atoms with Crippen LogP contribution in [0.4, 0.5) is 0 Å². The molecule has 1 unspecified atom stereocenters. The van der Waals surface area contributed by atoms with Gasteiger partial charge in [-0.2, -0.15) is 4.31 Å². The first-order chi connectivity index (χ1) is 14.1. The maximum Gasteiger partial charge on any atom is 0.252 e. The number of nitrogens with zero attached hydrogens (tertiary/aromatic N) is 2. The van der Waals surface area contributed by atoms with Gasteiger partial charge in [0.15, 0.2) is 0 Å². The van der Waals surface area contributed by atoms with Gasteiger partial charge in [-0.3, -0.25) is 4.79 Å². The Morgan fingerprint density at radius 2 is 1.67 bits per heavy atom. The van der Waals surface area contributed by atoms with E-state index in [4.69, 9.17) is 23.2 Å². The van der Waals surface area contributed by atoms with Crippen molar-refractivity contribution in [1.29, 1.82) is 0 Å². The molecule has 0 radical (unpaired) electrons. The highest BCUT2D eigenvalue weighted by Crippen LogP contribution is 2.26. The number of carbonyl (C=O) groups excluding carboxylic acids is 1. The molecule has 1 amide bonds. The van der Waals surface area contributed by atoms with Gasteiger partial charge in [-0.1, -0.05) is 55.2 Å². The van der Waals surface area contributed by atoms with Gasteiger partial charge in [0.1, 0.15) is 0 Å². The van der Waals surface area contributed by atoms with Crippen LogP contribution in [0.25, 0.3) is 0 Å². The van der Waals surface area contributed by atoms with E-state index in [1.807, 2.05) is 37.2 Å². The molecule has 0 heterocycles. The fraction of sp³-hybridized carbons (Fsp3) is 0.381. The first-order valence-corrected chi connectivity index (χ1v) is 11.8. The highest BCUT2D eigenvalue weighted by molar-refractivity contribution is 7.89. The summed E-state index contributed by atoms with van der Waals surface area (Å²) in [6.07, 6.45) is 0. The van der Waals surface area contributed by atoms with Crippen molar-refractivity contribution in [3.05, 3.63) is 63.6 Å². The number of hydrogen-bond donors (Lipinski definition) is 1. The van der Waals surface area contributed by atoms with Crippen molar-refractivity contribution in [3.63, 3.8) is 0 Å². The van der Waals surface area contributed by atoms with Crippen LogP contribution in [0.15, 0.2) is 47.4 Å². The Bertz CT molecular complexity index is 993. The van der Waals surface area contributed by atoms with Gasteiger partial charge in [0, 0.05) is 24.7 Å². The lowest BCUT2D eigenvalue weighted by Crippen LogP contribution is -2.35. The Morgan fingerprint density at radius 3 is 2.23 bits per heavy atom. The second-order valence-electron chi connectivity index (χ2n) is 6.94.